The lowest BCUT2D eigenvalue weighted by Crippen LogP contribution is -2.13. The van der Waals surface area contributed by atoms with E-state index in [1.807, 2.05) is 0 Å². The maximum atomic E-state index is 13.3. The summed E-state index contributed by atoms with van der Waals surface area (Å²) >= 11 is 6.54. The molecule has 0 bridgehead atoms. The molecule has 0 saturated heterocycles. The molecule has 0 atom stereocenters. The molecule has 0 radical (unpaired) electrons. The van der Waals surface area contributed by atoms with Crippen LogP contribution in [0.5, 0.6) is 0 Å². The van der Waals surface area contributed by atoms with Gasteiger partial charge in [-0.15, -0.1) is 0 Å². The van der Waals surface area contributed by atoms with Gasteiger partial charge in [0.25, 0.3) is 5.91 Å². The Bertz CT molecular complexity index is 714. The first-order chi connectivity index (χ1) is 9.86. The number of anilines is 1. The van der Waals surface area contributed by atoms with Gasteiger partial charge in [-0.3, -0.25) is 4.79 Å². The van der Waals surface area contributed by atoms with E-state index in [0.29, 0.717) is 14.5 Å². The van der Waals surface area contributed by atoms with E-state index in [0.717, 1.165) is 12.1 Å². The monoisotopic (exact) mass is 415 g/mol. The smallest absolute Gasteiger partial charge is 0.338 e. The average molecular weight is 417 g/mol. The molecule has 0 aliphatic carbocycles. The largest absolute Gasteiger partial charge is 0.478 e. The van der Waals surface area contributed by atoms with Crippen LogP contribution in [0.1, 0.15) is 20.7 Å². The Morgan fingerprint density at radius 2 is 1.67 bits per heavy atom. The van der Waals surface area contributed by atoms with Crippen molar-refractivity contribution in [3.8, 4) is 0 Å². The summed E-state index contributed by atoms with van der Waals surface area (Å²) in [5.74, 6) is -2.68. The molecule has 7 heteroatoms. The third kappa shape index (κ3) is 3.89. The van der Waals surface area contributed by atoms with Gasteiger partial charge in [0.05, 0.1) is 5.56 Å². The van der Waals surface area contributed by atoms with Gasteiger partial charge in [0.1, 0.15) is 5.82 Å². The molecule has 0 heterocycles. The molecule has 0 fully saturated rings. The predicted octanol–water partition coefficient (Wildman–Crippen LogP) is 4.30. The molecular formula is C14H8Br2FNO3. The van der Waals surface area contributed by atoms with Crippen LogP contribution in [0.2, 0.25) is 0 Å². The van der Waals surface area contributed by atoms with E-state index in [4.69, 9.17) is 5.11 Å². The van der Waals surface area contributed by atoms with Crippen LogP contribution in [0, 0.1) is 5.82 Å². The highest BCUT2D eigenvalue weighted by molar-refractivity contribution is 9.11. The van der Waals surface area contributed by atoms with Crippen LogP contribution in [-0.4, -0.2) is 17.0 Å². The number of aromatic carboxylic acids is 1. The minimum Gasteiger partial charge on any atom is -0.478 e. The Morgan fingerprint density at radius 3 is 2.24 bits per heavy atom. The standard InChI is InChI=1S/C14H8Br2FNO3/c15-8-3-7(4-9(16)5-8)13(19)18-10-1-2-12(17)11(6-10)14(20)21/h1-6H,(H,18,19)(H,20,21). The molecule has 108 valence electrons. The Balaban J connectivity index is 2.27. The van der Waals surface area contributed by atoms with Crippen LogP contribution in [0.15, 0.2) is 45.3 Å². The molecular weight excluding hydrogens is 409 g/mol. The maximum absolute atomic E-state index is 13.3. The van der Waals surface area contributed by atoms with Gasteiger partial charge in [0.2, 0.25) is 0 Å². The van der Waals surface area contributed by atoms with Crippen molar-refractivity contribution in [2.75, 3.05) is 5.32 Å². The van der Waals surface area contributed by atoms with Gasteiger partial charge >= 0.3 is 5.97 Å². The number of benzene rings is 2. The lowest BCUT2D eigenvalue weighted by atomic mass is 10.1. The van der Waals surface area contributed by atoms with Crippen molar-refractivity contribution in [2.45, 2.75) is 0 Å². The van der Waals surface area contributed by atoms with Gasteiger partial charge in [0, 0.05) is 20.2 Å². The summed E-state index contributed by atoms with van der Waals surface area (Å²) in [4.78, 5) is 22.9. The minimum atomic E-state index is -1.39. The lowest BCUT2D eigenvalue weighted by Gasteiger charge is -2.07. The normalized spacial score (nSPS) is 10.2. The van der Waals surface area contributed by atoms with Gasteiger partial charge in [-0.1, -0.05) is 31.9 Å². The van der Waals surface area contributed by atoms with Crippen molar-refractivity contribution in [3.63, 3.8) is 0 Å². The molecule has 1 amide bonds. The van der Waals surface area contributed by atoms with E-state index in [1.54, 1.807) is 18.2 Å². The third-order valence-corrected chi connectivity index (χ3v) is 3.50. The second kappa shape index (κ2) is 6.36. The van der Waals surface area contributed by atoms with Crippen molar-refractivity contribution in [1.29, 1.82) is 0 Å². The maximum Gasteiger partial charge on any atom is 0.338 e. The Hall–Kier alpha value is -1.73. The number of nitrogens with one attached hydrogen (secondary N) is 1. The Morgan fingerprint density at radius 1 is 1.05 bits per heavy atom. The zero-order valence-corrected chi connectivity index (χ0v) is 13.5. The molecule has 2 aromatic carbocycles. The fourth-order valence-electron chi connectivity index (χ4n) is 1.66. The third-order valence-electron chi connectivity index (χ3n) is 2.58. The molecule has 0 unspecified atom stereocenters. The number of rotatable bonds is 3. The first-order valence-corrected chi connectivity index (χ1v) is 7.25. The Labute approximate surface area is 136 Å². The molecule has 0 spiro atoms. The number of carbonyl (C=O) groups is 2. The molecule has 4 nitrogen and oxygen atoms in total. The molecule has 2 rings (SSSR count). The zero-order valence-electron chi connectivity index (χ0n) is 10.4. The number of hydrogen-bond acceptors (Lipinski definition) is 2. The number of carbonyl (C=O) groups excluding carboxylic acids is 1. The van der Waals surface area contributed by atoms with Gasteiger partial charge in [-0.25, -0.2) is 9.18 Å². The van der Waals surface area contributed by atoms with Gasteiger partial charge in [0.15, 0.2) is 0 Å². The van der Waals surface area contributed by atoms with E-state index in [-0.39, 0.29) is 5.69 Å². The summed E-state index contributed by atoms with van der Waals surface area (Å²) in [5, 5.41) is 11.4. The molecule has 0 saturated carbocycles. The van der Waals surface area contributed by atoms with Gasteiger partial charge < -0.3 is 10.4 Å². The van der Waals surface area contributed by atoms with Crippen LogP contribution in [-0.2, 0) is 0 Å². The Kier molecular flexibility index (Phi) is 4.74. The first-order valence-electron chi connectivity index (χ1n) is 5.67. The van der Waals surface area contributed by atoms with Crippen LogP contribution in [0.25, 0.3) is 0 Å². The molecule has 0 aromatic heterocycles. The predicted molar refractivity (Wildman–Crippen MR) is 83.2 cm³/mol. The van der Waals surface area contributed by atoms with E-state index in [9.17, 15) is 14.0 Å². The van der Waals surface area contributed by atoms with E-state index < -0.39 is 23.3 Å². The van der Waals surface area contributed by atoms with Crippen molar-refractivity contribution in [3.05, 3.63) is 62.3 Å². The molecule has 0 aliphatic rings. The summed E-state index contributed by atoms with van der Waals surface area (Å²) in [6.45, 7) is 0. The second-order valence-electron chi connectivity index (χ2n) is 4.11. The van der Waals surface area contributed by atoms with Gasteiger partial charge in [-0.2, -0.15) is 0 Å². The lowest BCUT2D eigenvalue weighted by molar-refractivity contribution is 0.0691. The average Bonchev–Trinajstić information content (AvgIpc) is 2.39. The highest BCUT2D eigenvalue weighted by atomic mass is 79.9. The summed E-state index contributed by atoms with van der Waals surface area (Å²) in [6, 6.07) is 8.37. The highest BCUT2D eigenvalue weighted by Gasteiger charge is 2.13. The molecule has 21 heavy (non-hydrogen) atoms. The molecule has 0 aliphatic heterocycles. The molecule has 2 N–H and O–H groups in total. The van der Waals surface area contributed by atoms with E-state index in [2.05, 4.69) is 37.2 Å². The number of hydrogen-bond donors (Lipinski definition) is 2. The second-order valence-corrected chi connectivity index (χ2v) is 5.94. The summed E-state index contributed by atoms with van der Waals surface area (Å²) in [6.07, 6.45) is 0. The first kappa shape index (κ1) is 15.7. The van der Waals surface area contributed by atoms with Crippen molar-refractivity contribution in [2.24, 2.45) is 0 Å². The van der Waals surface area contributed by atoms with E-state index in [1.165, 1.54) is 6.07 Å². The van der Waals surface area contributed by atoms with Crippen molar-refractivity contribution >= 4 is 49.4 Å². The van der Waals surface area contributed by atoms with Crippen LogP contribution in [0.4, 0.5) is 10.1 Å². The van der Waals surface area contributed by atoms with Crippen molar-refractivity contribution in [1.82, 2.24) is 0 Å². The number of halogens is 3. The highest BCUT2D eigenvalue weighted by Crippen LogP contribution is 2.21. The number of carboxylic acid groups (broad SMARTS) is 1. The summed E-state index contributed by atoms with van der Waals surface area (Å²) in [5.41, 5.74) is 0.0792. The fourth-order valence-corrected chi connectivity index (χ4v) is 2.95. The SMILES string of the molecule is O=C(Nc1ccc(F)c(C(=O)O)c1)c1cc(Br)cc(Br)c1. The summed E-state index contributed by atoms with van der Waals surface area (Å²) < 4.78 is 14.7. The molecule has 2 aromatic rings. The minimum absolute atomic E-state index is 0.204. The van der Waals surface area contributed by atoms with Crippen molar-refractivity contribution < 1.29 is 19.1 Å². The summed E-state index contributed by atoms with van der Waals surface area (Å²) in [7, 11) is 0. The van der Waals surface area contributed by atoms with Crippen LogP contribution < -0.4 is 5.32 Å². The fraction of sp³-hybridized carbons (Fsp3) is 0. The number of carboxylic acids is 1. The van der Waals surface area contributed by atoms with Gasteiger partial charge in [-0.05, 0) is 36.4 Å². The topological polar surface area (TPSA) is 66.4 Å². The van der Waals surface area contributed by atoms with Crippen LogP contribution >= 0.6 is 31.9 Å². The zero-order chi connectivity index (χ0) is 15.6. The van der Waals surface area contributed by atoms with Crippen LogP contribution in [0.3, 0.4) is 0 Å². The number of amides is 1. The quantitative estimate of drug-likeness (QED) is 0.783. The van der Waals surface area contributed by atoms with E-state index >= 15 is 0 Å².